The fourth-order valence-electron chi connectivity index (χ4n) is 5.51. The molecule has 19 heavy (non-hydrogen) atoms. The van der Waals surface area contributed by atoms with Gasteiger partial charge in [0.2, 0.25) is 0 Å². The van der Waals surface area contributed by atoms with E-state index in [0.29, 0.717) is 0 Å². The van der Waals surface area contributed by atoms with E-state index >= 15 is 0 Å². The third-order valence-electron chi connectivity index (χ3n) is 5.83. The Hall–Kier alpha value is -0.960. The Morgan fingerprint density at radius 1 is 1.11 bits per heavy atom. The SMILES string of the molecule is NC(c1cncc(F)c1)C12CC3CC(CC(C3)C1)C2. The second kappa shape index (κ2) is 4.02. The molecule has 1 unspecified atom stereocenters. The molecule has 0 radical (unpaired) electrons. The van der Waals surface area contributed by atoms with Gasteiger partial charge in [0.15, 0.2) is 0 Å². The second-order valence-electron chi connectivity index (χ2n) is 7.19. The van der Waals surface area contributed by atoms with Crippen molar-refractivity contribution in [2.24, 2.45) is 28.9 Å². The lowest BCUT2D eigenvalue weighted by molar-refractivity contribution is -0.0678. The highest BCUT2D eigenvalue weighted by Crippen LogP contribution is 2.63. The molecule has 4 aliphatic rings. The molecule has 1 heterocycles. The normalized spacial score (nSPS) is 41.5. The Morgan fingerprint density at radius 3 is 2.21 bits per heavy atom. The summed E-state index contributed by atoms with van der Waals surface area (Å²) in [4.78, 5) is 3.98. The van der Waals surface area contributed by atoms with Gasteiger partial charge in [0.05, 0.1) is 6.20 Å². The summed E-state index contributed by atoms with van der Waals surface area (Å²) in [5.41, 5.74) is 7.67. The lowest BCUT2D eigenvalue weighted by Gasteiger charge is -2.59. The molecule has 0 spiro atoms. The Morgan fingerprint density at radius 2 is 1.68 bits per heavy atom. The molecular weight excluding hydrogens is 239 g/mol. The largest absolute Gasteiger partial charge is 0.323 e. The molecule has 4 aliphatic carbocycles. The predicted molar refractivity (Wildman–Crippen MR) is 71.7 cm³/mol. The van der Waals surface area contributed by atoms with Crippen LogP contribution in [0.25, 0.3) is 0 Å². The molecule has 2 N–H and O–H groups in total. The Labute approximate surface area is 113 Å². The van der Waals surface area contributed by atoms with Gasteiger partial charge >= 0.3 is 0 Å². The molecule has 102 valence electrons. The van der Waals surface area contributed by atoms with Crippen LogP contribution in [0.3, 0.4) is 0 Å². The lowest BCUT2D eigenvalue weighted by atomic mass is 9.47. The van der Waals surface area contributed by atoms with Gasteiger partial charge < -0.3 is 5.73 Å². The van der Waals surface area contributed by atoms with Crippen LogP contribution in [0, 0.1) is 29.0 Å². The first kappa shape index (κ1) is 11.8. The molecule has 0 aliphatic heterocycles. The maximum absolute atomic E-state index is 13.4. The zero-order valence-electron chi connectivity index (χ0n) is 11.2. The van der Waals surface area contributed by atoms with Crippen LogP contribution < -0.4 is 5.73 Å². The van der Waals surface area contributed by atoms with Crippen molar-refractivity contribution in [1.82, 2.24) is 4.98 Å². The van der Waals surface area contributed by atoms with Gasteiger partial charge in [-0.1, -0.05) is 0 Å². The van der Waals surface area contributed by atoms with Gasteiger partial charge in [0, 0.05) is 12.2 Å². The van der Waals surface area contributed by atoms with Crippen LogP contribution >= 0.6 is 0 Å². The lowest BCUT2D eigenvalue weighted by Crippen LogP contribution is -2.50. The minimum absolute atomic E-state index is 0.0379. The van der Waals surface area contributed by atoms with E-state index < -0.39 is 0 Å². The van der Waals surface area contributed by atoms with Gasteiger partial charge in [0.25, 0.3) is 0 Å². The van der Waals surface area contributed by atoms with Crippen LogP contribution in [0.15, 0.2) is 18.5 Å². The first-order valence-corrected chi connectivity index (χ1v) is 7.51. The van der Waals surface area contributed by atoms with Gasteiger partial charge in [0.1, 0.15) is 5.82 Å². The summed E-state index contributed by atoms with van der Waals surface area (Å²) in [5, 5.41) is 0. The van der Waals surface area contributed by atoms with E-state index in [1.165, 1.54) is 44.7 Å². The van der Waals surface area contributed by atoms with Crippen molar-refractivity contribution in [3.63, 3.8) is 0 Å². The van der Waals surface area contributed by atoms with Crippen molar-refractivity contribution in [1.29, 1.82) is 0 Å². The molecular formula is C16H21FN2. The highest BCUT2D eigenvalue weighted by molar-refractivity contribution is 5.20. The van der Waals surface area contributed by atoms with Gasteiger partial charge in [-0.05, 0) is 73.3 Å². The summed E-state index contributed by atoms with van der Waals surface area (Å²) in [7, 11) is 0. The average Bonchev–Trinajstić information content (AvgIpc) is 2.36. The number of halogens is 1. The molecule has 4 bridgehead atoms. The highest BCUT2D eigenvalue weighted by atomic mass is 19.1. The smallest absolute Gasteiger partial charge is 0.141 e. The van der Waals surface area contributed by atoms with E-state index in [1.54, 1.807) is 12.3 Å². The first-order chi connectivity index (χ1) is 9.14. The minimum atomic E-state index is -0.266. The van der Waals surface area contributed by atoms with Crippen LogP contribution in [-0.4, -0.2) is 4.98 Å². The minimum Gasteiger partial charge on any atom is -0.323 e. The fourth-order valence-corrected chi connectivity index (χ4v) is 5.51. The van der Waals surface area contributed by atoms with Crippen LogP contribution in [0.2, 0.25) is 0 Å². The second-order valence-corrected chi connectivity index (χ2v) is 7.19. The molecule has 0 saturated heterocycles. The highest BCUT2D eigenvalue weighted by Gasteiger charge is 2.53. The quantitative estimate of drug-likeness (QED) is 0.884. The third-order valence-corrected chi connectivity index (χ3v) is 5.83. The Balaban J connectivity index is 1.68. The number of aromatic nitrogens is 1. The Kier molecular flexibility index (Phi) is 2.50. The number of pyridine rings is 1. The van der Waals surface area contributed by atoms with Gasteiger partial charge in [-0.25, -0.2) is 4.39 Å². The van der Waals surface area contributed by atoms with E-state index in [-0.39, 0.29) is 17.3 Å². The molecule has 1 aromatic rings. The number of hydrogen-bond donors (Lipinski definition) is 1. The van der Waals surface area contributed by atoms with Crippen molar-refractivity contribution in [3.05, 3.63) is 29.8 Å². The van der Waals surface area contributed by atoms with Gasteiger partial charge in [-0.2, -0.15) is 0 Å². The maximum atomic E-state index is 13.4. The average molecular weight is 260 g/mol. The summed E-state index contributed by atoms with van der Waals surface area (Å²) >= 11 is 0. The van der Waals surface area contributed by atoms with E-state index in [1.807, 2.05) is 0 Å². The van der Waals surface area contributed by atoms with Gasteiger partial charge in [-0.15, -0.1) is 0 Å². The van der Waals surface area contributed by atoms with Crippen molar-refractivity contribution in [2.45, 2.75) is 44.6 Å². The molecule has 0 aromatic carbocycles. The van der Waals surface area contributed by atoms with E-state index in [0.717, 1.165) is 23.3 Å². The topological polar surface area (TPSA) is 38.9 Å². The zero-order chi connectivity index (χ0) is 13.0. The fraction of sp³-hybridized carbons (Fsp3) is 0.688. The number of rotatable bonds is 2. The van der Waals surface area contributed by atoms with Crippen molar-refractivity contribution < 1.29 is 4.39 Å². The molecule has 2 nitrogen and oxygen atoms in total. The monoisotopic (exact) mass is 260 g/mol. The number of nitrogens with zero attached hydrogens (tertiary/aromatic N) is 1. The zero-order valence-corrected chi connectivity index (χ0v) is 11.2. The number of nitrogens with two attached hydrogens (primary N) is 1. The van der Waals surface area contributed by atoms with E-state index in [4.69, 9.17) is 5.73 Å². The summed E-state index contributed by atoms with van der Waals surface area (Å²) < 4.78 is 13.4. The number of hydrogen-bond acceptors (Lipinski definition) is 2. The van der Waals surface area contributed by atoms with E-state index in [9.17, 15) is 4.39 Å². The molecule has 1 atom stereocenters. The van der Waals surface area contributed by atoms with Crippen LogP contribution in [0.1, 0.15) is 50.1 Å². The molecule has 4 saturated carbocycles. The third kappa shape index (κ3) is 1.82. The van der Waals surface area contributed by atoms with Crippen LogP contribution in [-0.2, 0) is 0 Å². The standard InChI is InChI=1S/C16H21FN2/c17-14-4-13(8-19-9-14)15(18)16-5-10-1-11(6-16)3-12(2-10)7-16/h4,8-12,15H,1-3,5-7,18H2. The maximum Gasteiger partial charge on any atom is 0.141 e. The van der Waals surface area contributed by atoms with Crippen LogP contribution in [0.4, 0.5) is 4.39 Å². The summed E-state index contributed by atoms with van der Waals surface area (Å²) in [5.74, 6) is 2.36. The Bertz CT molecular complexity index is 464. The summed E-state index contributed by atoms with van der Waals surface area (Å²) in [6, 6.07) is 1.54. The van der Waals surface area contributed by atoms with Crippen molar-refractivity contribution in [3.8, 4) is 0 Å². The summed E-state index contributed by atoms with van der Waals surface area (Å²) in [6.07, 6.45) is 11.0. The molecule has 0 amide bonds. The molecule has 1 aromatic heterocycles. The van der Waals surface area contributed by atoms with Crippen molar-refractivity contribution >= 4 is 0 Å². The first-order valence-electron chi connectivity index (χ1n) is 7.51. The predicted octanol–water partition coefficient (Wildman–Crippen LogP) is 3.44. The molecule has 4 fully saturated rings. The summed E-state index contributed by atoms with van der Waals surface area (Å²) in [6.45, 7) is 0. The van der Waals surface area contributed by atoms with Crippen LogP contribution in [0.5, 0.6) is 0 Å². The van der Waals surface area contributed by atoms with E-state index in [2.05, 4.69) is 4.98 Å². The van der Waals surface area contributed by atoms with Crippen molar-refractivity contribution in [2.75, 3.05) is 0 Å². The van der Waals surface area contributed by atoms with Gasteiger partial charge in [-0.3, -0.25) is 4.98 Å². The molecule has 3 heteroatoms. The molecule has 5 rings (SSSR count).